The maximum absolute atomic E-state index is 13.0. The number of benzene rings is 1. The van der Waals surface area contributed by atoms with Gasteiger partial charge in [0.05, 0.1) is 18.5 Å². The summed E-state index contributed by atoms with van der Waals surface area (Å²) in [5.41, 5.74) is 1.93. The Morgan fingerprint density at radius 2 is 1.82 bits per heavy atom. The van der Waals surface area contributed by atoms with E-state index in [1.807, 2.05) is 19.1 Å². The molecule has 2 fully saturated rings. The molecular formula is C28H35N5O5. The number of aromatic nitrogens is 1. The molecule has 3 aliphatic rings. The van der Waals surface area contributed by atoms with E-state index in [2.05, 4.69) is 15.5 Å². The van der Waals surface area contributed by atoms with Crippen LogP contribution in [0.1, 0.15) is 55.8 Å². The summed E-state index contributed by atoms with van der Waals surface area (Å²) in [7, 11) is 3.34. The molecule has 2 aliphatic heterocycles. The Morgan fingerprint density at radius 3 is 2.53 bits per heavy atom. The first-order valence-electron chi connectivity index (χ1n) is 13.3. The Hall–Kier alpha value is -3.66. The molecule has 10 heteroatoms. The highest BCUT2D eigenvalue weighted by Gasteiger charge is 2.39. The van der Waals surface area contributed by atoms with Crippen LogP contribution in [-0.4, -0.2) is 68.1 Å². The van der Waals surface area contributed by atoms with E-state index in [9.17, 15) is 14.4 Å². The summed E-state index contributed by atoms with van der Waals surface area (Å²) in [4.78, 5) is 46.0. The van der Waals surface area contributed by atoms with Gasteiger partial charge in [-0.15, -0.1) is 0 Å². The summed E-state index contributed by atoms with van der Waals surface area (Å²) in [6.45, 7) is 3.26. The maximum atomic E-state index is 13.0. The third kappa shape index (κ3) is 5.18. The zero-order chi connectivity index (χ0) is 26.8. The molecule has 3 heterocycles. The Labute approximate surface area is 222 Å². The smallest absolute Gasteiger partial charge is 0.251 e. The number of anilines is 4. The molecule has 1 aliphatic carbocycles. The minimum absolute atomic E-state index is 0.00905. The largest absolute Gasteiger partial charge is 0.495 e. The van der Waals surface area contributed by atoms with Gasteiger partial charge < -0.3 is 29.9 Å². The number of ether oxygens (including phenoxy) is 2. The van der Waals surface area contributed by atoms with E-state index >= 15 is 0 Å². The SMILES string of the molecule is COc1cc(C(=O)NC2CCC(=O)CC2)ccc1Nc1ccc2c(n1)N(C1CCOCC1)[C@H](C)C(=O)N2C. The van der Waals surface area contributed by atoms with Gasteiger partial charge in [-0.1, -0.05) is 0 Å². The summed E-state index contributed by atoms with van der Waals surface area (Å²) in [6.07, 6.45) is 4.06. The normalized spacial score (nSPS) is 20.8. The third-order valence-electron chi connectivity index (χ3n) is 7.75. The van der Waals surface area contributed by atoms with Gasteiger partial charge in [-0.2, -0.15) is 0 Å². The highest BCUT2D eigenvalue weighted by atomic mass is 16.5. The number of fused-ring (bicyclic) bond motifs is 1. The van der Waals surface area contributed by atoms with Crippen molar-refractivity contribution in [1.29, 1.82) is 0 Å². The van der Waals surface area contributed by atoms with Crippen LogP contribution in [0.5, 0.6) is 5.75 Å². The fraction of sp³-hybridized carbons (Fsp3) is 0.500. The van der Waals surface area contributed by atoms with Crippen LogP contribution in [-0.2, 0) is 14.3 Å². The lowest BCUT2D eigenvalue weighted by atomic mass is 9.94. The molecule has 0 radical (unpaired) electrons. The van der Waals surface area contributed by atoms with Crippen molar-refractivity contribution < 1.29 is 23.9 Å². The molecule has 1 atom stereocenters. The van der Waals surface area contributed by atoms with Gasteiger partial charge in [0.15, 0.2) is 5.82 Å². The van der Waals surface area contributed by atoms with Gasteiger partial charge in [-0.05, 0) is 62.9 Å². The quantitative estimate of drug-likeness (QED) is 0.595. The molecule has 0 unspecified atom stereocenters. The van der Waals surface area contributed by atoms with E-state index in [0.717, 1.165) is 24.3 Å². The van der Waals surface area contributed by atoms with Gasteiger partial charge in [-0.25, -0.2) is 4.98 Å². The van der Waals surface area contributed by atoms with Crippen LogP contribution < -0.4 is 25.2 Å². The molecule has 2 amide bonds. The molecule has 2 N–H and O–H groups in total. The number of Topliss-reactive ketones (excluding diaryl/α,β-unsaturated/α-hetero) is 1. The van der Waals surface area contributed by atoms with Crippen LogP contribution in [0.2, 0.25) is 0 Å². The van der Waals surface area contributed by atoms with Gasteiger partial charge in [-0.3, -0.25) is 14.4 Å². The highest BCUT2D eigenvalue weighted by Crippen LogP contribution is 2.39. The molecule has 1 saturated carbocycles. The molecule has 0 bridgehead atoms. The predicted octanol–water partition coefficient (Wildman–Crippen LogP) is 3.43. The maximum Gasteiger partial charge on any atom is 0.251 e. The van der Waals surface area contributed by atoms with Crippen LogP contribution >= 0.6 is 0 Å². The molecule has 1 saturated heterocycles. The van der Waals surface area contributed by atoms with E-state index in [1.165, 1.54) is 0 Å². The number of pyridine rings is 1. The van der Waals surface area contributed by atoms with E-state index in [0.29, 0.717) is 61.7 Å². The zero-order valence-electron chi connectivity index (χ0n) is 22.2. The predicted molar refractivity (Wildman–Crippen MR) is 144 cm³/mol. The van der Waals surface area contributed by atoms with Gasteiger partial charge in [0, 0.05) is 50.8 Å². The molecule has 202 valence electrons. The molecule has 1 aromatic carbocycles. The summed E-state index contributed by atoms with van der Waals surface area (Å²) in [5.74, 6) is 2.00. The van der Waals surface area contributed by atoms with Crippen LogP contribution in [0.15, 0.2) is 30.3 Å². The van der Waals surface area contributed by atoms with Crippen molar-refractivity contribution in [3.05, 3.63) is 35.9 Å². The lowest BCUT2D eigenvalue weighted by Crippen LogP contribution is -2.56. The molecule has 5 rings (SSSR count). The number of methoxy groups -OCH3 is 1. The van der Waals surface area contributed by atoms with Crippen LogP contribution in [0.4, 0.5) is 23.0 Å². The lowest BCUT2D eigenvalue weighted by Gasteiger charge is -2.44. The molecule has 10 nitrogen and oxygen atoms in total. The number of amides is 2. The fourth-order valence-corrected chi connectivity index (χ4v) is 5.54. The van der Waals surface area contributed by atoms with Crippen molar-refractivity contribution in [2.24, 2.45) is 0 Å². The Bertz CT molecular complexity index is 1220. The third-order valence-corrected chi connectivity index (χ3v) is 7.75. The van der Waals surface area contributed by atoms with Crippen molar-refractivity contribution in [2.75, 3.05) is 42.5 Å². The zero-order valence-corrected chi connectivity index (χ0v) is 22.2. The average molecular weight is 522 g/mol. The van der Waals surface area contributed by atoms with Crippen LogP contribution in [0, 0.1) is 0 Å². The average Bonchev–Trinajstić information content (AvgIpc) is 2.94. The second-order valence-electron chi connectivity index (χ2n) is 10.2. The fourth-order valence-electron chi connectivity index (χ4n) is 5.54. The molecule has 1 aromatic heterocycles. The Morgan fingerprint density at radius 1 is 1.08 bits per heavy atom. The van der Waals surface area contributed by atoms with Crippen LogP contribution in [0.3, 0.4) is 0 Å². The number of rotatable bonds is 6. The first-order valence-corrected chi connectivity index (χ1v) is 13.3. The number of hydrogen-bond acceptors (Lipinski definition) is 8. The summed E-state index contributed by atoms with van der Waals surface area (Å²) >= 11 is 0. The van der Waals surface area contributed by atoms with Crippen molar-refractivity contribution in [2.45, 2.75) is 63.6 Å². The molecule has 38 heavy (non-hydrogen) atoms. The van der Waals surface area contributed by atoms with Crippen molar-refractivity contribution >= 4 is 40.6 Å². The number of nitrogens with zero attached hydrogens (tertiary/aromatic N) is 3. The first-order chi connectivity index (χ1) is 18.4. The first kappa shape index (κ1) is 26.0. The molecule has 0 spiro atoms. The second kappa shape index (κ2) is 11.0. The van der Waals surface area contributed by atoms with E-state index in [4.69, 9.17) is 14.5 Å². The molecule has 2 aromatic rings. The molecular weight excluding hydrogens is 486 g/mol. The number of carbonyl (C=O) groups excluding carboxylic acids is 3. The van der Waals surface area contributed by atoms with Crippen molar-refractivity contribution in [3.8, 4) is 5.75 Å². The highest BCUT2D eigenvalue weighted by molar-refractivity contribution is 6.04. The Kier molecular flexibility index (Phi) is 7.51. The number of likely N-dealkylation sites (N-methyl/N-ethyl adjacent to an activating group) is 1. The van der Waals surface area contributed by atoms with Gasteiger partial charge in [0.1, 0.15) is 23.4 Å². The summed E-state index contributed by atoms with van der Waals surface area (Å²) in [5, 5.41) is 6.36. The van der Waals surface area contributed by atoms with Crippen LogP contribution in [0.25, 0.3) is 0 Å². The summed E-state index contributed by atoms with van der Waals surface area (Å²) in [6, 6.07) is 8.85. The number of hydrogen-bond donors (Lipinski definition) is 2. The lowest BCUT2D eigenvalue weighted by molar-refractivity contribution is -0.121. The number of ketones is 1. The number of carbonyl (C=O) groups is 3. The monoisotopic (exact) mass is 521 g/mol. The van der Waals surface area contributed by atoms with Crippen molar-refractivity contribution in [3.63, 3.8) is 0 Å². The minimum Gasteiger partial charge on any atom is -0.495 e. The standard InChI is InChI=1S/C28H35N5O5/c1-17-28(36)32(2)23-10-11-25(31-26(23)33(17)20-12-14-38-15-13-20)30-22-9-4-18(16-24(22)37-3)27(35)29-19-5-7-21(34)8-6-19/h4,9-11,16-17,19-20H,5-8,12-15H2,1-3H3,(H,29,35)(H,30,31)/t17-/m1/s1. The van der Waals surface area contributed by atoms with E-state index < -0.39 is 0 Å². The van der Waals surface area contributed by atoms with E-state index in [-0.39, 0.29) is 35.7 Å². The second-order valence-corrected chi connectivity index (χ2v) is 10.2. The van der Waals surface area contributed by atoms with Gasteiger partial charge in [0.25, 0.3) is 5.91 Å². The summed E-state index contributed by atoms with van der Waals surface area (Å²) < 4.78 is 11.1. The van der Waals surface area contributed by atoms with Gasteiger partial charge in [0.2, 0.25) is 5.91 Å². The minimum atomic E-state index is -0.326. The number of nitrogens with one attached hydrogen (secondary N) is 2. The topological polar surface area (TPSA) is 113 Å². The Balaban J connectivity index is 1.37. The van der Waals surface area contributed by atoms with E-state index in [1.54, 1.807) is 37.3 Å². The van der Waals surface area contributed by atoms with Crippen molar-refractivity contribution in [1.82, 2.24) is 10.3 Å². The van der Waals surface area contributed by atoms with Gasteiger partial charge >= 0.3 is 0 Å².